The lowest BCUT2D eigenvalue weighted by Gasteiger charge is -2.23. The van der Waals surface area contributed by atoms with Crippen LogP contribution in [-0.2, 0) is 0 Å². The van der Waals surface area contributed by atoms with Crippen LogP contribution in [0.3, 0.4) is 0 Å². The van der Waals surface area contributed by atoms with Crippen LogP contribution < -0.4 is 4.74 Å². The van der Waals surface area contributed by atoms with Gasteiger partial charge in [0.15, 0.2) is 0 Å². The molecule has 3 nitrogen and oxygen atoms in total. The number of allylic oxidation sites excluding steroid dienone is 4. The van der Waals surface area contributed by atoms with E-state index in [0.29, 0.717) is 0 Å². The highest BCUT2D eigenvalue weighted by molar-refractivity contribution is 6.25. The molecule has 55 heavy (non-hydrogen) atoms. The molecule has 0 amide bonds. The van der Waals surface area contributed by atoms with Crippen molar-refractivity contribution in [3.63, 3.8) is 0 Å². The van der Waals surface area contributed by atoms with Crippen molar-refractivity contribution in [3.05, 3.63) is 188 Å². The van der Waals surface area contributed by atoms with Gasteiger partial charge in [-0.05, 0) is 101 Å². The van der Waals surface area contributed by atoms with Gasteiger partial charge in [0.05, 0.1) is 22.1 Å². The Kier molecular flexibility index (Phi) is 6.46. The van der Waals surface area contributed by atoms with E-state index in [-0.39, 0.29) is 0 Å². The third-order valence-electron chi connectivity index (χ3n) is 11.7. The third kappa shape index (κ3) is 4.50. The molecule has 0 spiro atoms. The van der Waals surface area contributed by atoms with E-state index in [1.54, 1.807) is 0 Å². The van der Waals surface area contributed by atoms with E-state index in [0.717, 1.165) is 52.2 Å². The van der Waals surface area contributed by atoms with Gasteiger partial charge in [-0.3, -0.25) is 0 Å². The van der Waals surface area contributed by atoms with Crippen LogP contribution in [0, 0.1) is 0 Å². The number of para-hydroxylation sites is 2. The summed E-state index contributed by atoms with van der Waals surface area (Å²) in [7, 11) is 0. The van der Waals surface area contributed by atoms with Crippen LogP contribution in [0.15, 0.2) is 182 Å². The molecule has 12 rings (SSSR count). The zero-order valence-electron chi connectivity index (χ0n) is 30.0. The average Bonchev–Trinajstić information content (AvgIpc) is 3.76. The maximum atomic E-state index is 7.04. The first-order chi connectivity index (χ1) is 27.3. The van der Waals surface area contributed by atoms with Crippen molar-refractivity contribution in [1.29, 1.82) is 0 Å². The van der Waals surface area contributed by atoms with E-state index >= 15 is 0 Å². The lowest BCUT2D eigenvalue weighted by molar-refractivity contribution is 0.487. The minimum Gasteiger partial charge on any atom is -0.456 e. The summed E-state index contributed by atoms with van der Waals surface area (Å²) in [5.74, 6) is 1.75. The number of ether oxygens (including phenoxy) is 1. The fourth-order valence-corrected chi connectivity index (χ4v) is 9.26. The molecule has 0 N–H and O–H groups in total. The minimum atomic E-state index is 0.865. The van der Waals surface area contributed by atoms with Crippen molar-refractivity contribution >= 4 is 60.0 Å². The predicted molar refractivity (Wildman–Crippen MR) is 230 cm³/mol. The van der Waals surface area contributed by atoms with E-state index in [2.05, 4.69) is 191 Å². The van der Waals surface area contributed by atoms with Gasteiger partial charge < -0.3 is 13.9 Å². The Morgan fingerprint density at radius 2 is 1.11 bits per heavy atom. The Bertz CT molecular complexity index is 3270. The molecule has 2 aromatic heterocycles. The van der Waals surface area contributed by atoms with Gasteiger partial charge in [-0.2, -0.15) is 0 Å². The van der Waals surface area contributed by atoms with Crippen molar-refractivity contribution < 1.29 is 4.74 Å². The Morgan fingerprint density at radius 3 is 1.93 bits per heavy atom. The molecule has 0 unspecified atom stereocenters. The van der Waals surface area contributed by atoms with Gasteiger partial charge in [0.25, 0.3) is 0 Å². The second-order valence-corrected chi connectivity index (χ2v) is 14.8. The number of benzene rings is 8. The highest BCUT2D eigenvalue weighted by Gasteiger charge is 2.26. The van der Waals surface area contributed by atoms with Gasteiger partial charge in [0.1, 0.15) is 11.5 Å². The fourth-order valence-electron chi connectivity index (χ4n) is 9.26. The lowest BCUT2D eigenvalue weighted by atomic mass is 9.92. The van der Waals surface area contributed by atoms with E-state index in [1.165, 1.54) is 71.3 Å². The summed E-state index contributed by atoms with van der Waals surface area (Å²) >= 11 is 0. The summed E-state index contributed by atoms with van der Waals surface area (Å²) < 4.78 is 11.8. The van der Waals surface area contributed by atoms with E-state index in [4.69, 9.17) is 4.74 Å². The summed E-state index contributed by atoms with van der Waals surface area (Å²) in [6.45, 7) is 0. The van der Waals surface area contributed by atoms with Crippen LogP contribution >= 0.6 is 0 Å². The Labute approximate surface area is 318 Å². The summed E-state index contributed by atoms with van der Waals surface area (Å²) in [5, 5.41) is 7.35. The summed E-state index contributed by atoms with van der Waals surface area (Å²) in [6, 6.07) is 59.6. The molecule has 2 aliphatic rings. The maximum absolute atomic E-state index is 7.04. The van der Waals surface area contributed by atoms with Crippen molar-refractivity contribution in [2.75, 3.05) is 0 Å². The molecule has 3 heteroatoms. The standard InChI is InChI=1S/C52H34N2O/c1-4-13-33(14-5-1)35-23-27-46-43(29-35)44-30-36(34-15-6-2-7-16-34)24-28-47(44)54(46)38-25-26-39-40-20-12-21-42-51-41-19-10-11-22-45(41)53(37-17-8-3-9-18-37)48(51)32-50(52(40)42)55-49(39)31-38/h1,3-6,8-32H,2,7H2. The van der Waals surface area contributed by atoms with E-state index < -0.39 is 0 Å². The van der Waals surface area contributed by atoms with Gasteiger partial charge >= 0.3 is 0 Å². The summed E-state index contributed by atoms with van der Waals surface area (Å²) in [4.78, 5) is 0. The largest absolute Gasteiger partial charge is 0.456 e. The molecule has 0 atom stereocenters. The highest BCUT2D eigenvalue weighted by atomic mass is 16.5. The Balaban J connectivity index is 1.07. The van der Waals surface area contributed by atoms with Crippen molar-refractivity contribution in [3.8, 4) is 45.1 Å². The molecule has 10 aromatic rings. The van der Waals surface area contributed by atoms with Crippen LogP contribution in [-0.4, -0.2) is 9.13 Å². The van der Waals surface area contributed by atoms with Gasteiger partial charge in [0, 0.05) is 56.0 Å². The van der Waals surface area contributed by atoms with Gasteiger partial charge in [-0.25, -0.2) is 0 Å². The second kappa shape index (κ2) is 11.7. The van der Waals surface area contributed by atoms with E-state index in [1.807, 2.05) is 0 Å². The molecule has 0 saturated carbocycles. The Hall–Kier alpha value is -7.10. The van der Waals surface area contributed by atoms with Crippen molar-refractivity contribution in [2.24, 2.45) is 0 Å². The molecular weight excluding hydrogens is 669 g/mol. The zero-order valence-corrected chi connectivity index (χ0v) is 30.0. The number of fused-ring (bicyclic) bond motifs is 9. The summed E-state index contributed by atoms with van der Waals surface area (Å²) in [6.07, 6.45) is 9.10. The SMILES string of the molecule is C1=CC(c2ccc3c(c2)c2cc(-c4ccccc4)ccc2n3-c2ccc3c(c2)Oc2cc4c(c5cccc-3c25)c2ccccc2n4-c2ccccc2)=CCC1. The average molecular weight is 703 g/mol. The third-order valence-corrected chi connectivity index (χ3v) is 11.7. The van der Waals surface area contributed by atoms with Gasteiger partial charge in [0.2, 0.25) is 0 Å². The van der Waals surface area contributed by atoms with Crippen molar-refractivity contribution in [2.45, 2.75) is 12.8 Å². The molecule has 3 heterocycles. The normalized spacial score (nSPS) is 13.5. The van der Waals surface area contributed by atoms with Crippen LogP contribution in [0.25, 0.3) is 93.6 Å². The quantitative estimate of drug-likeness (QED) is 0.179. The van der Waals surface area contributed by atoms with Crippen molar-refractivity contribution in [1.82, 2.24) is 9.13 Å². The fraction of sp³-hybridized carbons (Fsp3) is 0.0385. The number of hydrogen-bond donors (Lipinski definition) is 0. The second-order valence-electron chi connectivity index (χ2n) is 14.8. The lowest BCUT2D eigenvalue weighted by Crippen LogP contribution is -2.01. The summed E-state index contributed by atoms with van der Waals surface area (Å²) in [5.41, 5.74) is 14.2. The van der Waals surface area contributed by atoms with E-state index in [9.17, 15) is 0 Å². The molecule has 1 aliphatic heterocycles. The first-order valence-corrected chi connectivity index (χ1v) is 19.2. The molecular formula is C52H34N2O. The number of hydrogen-bond acceptors (Lipinski definition) is 1. The Morgan fingerprint density at radius 1 is 0.400 bits per heavy atom. The first-order valence-electron chi connectivity index (χ1n) is 19.2. The van der Waals surface area contributed by atoms with Crippen LogP contribution in [0.5, 0.6) is 11.5 Å². The topological polar surface area (TPSA) is 19.1 Å². The van der Waals surface area contributed by atoms with Crippen LogP contribution in [0.4, 0.5) is 0 Å². The molecule has 8 aromatic carbocycles. The highest BCUT2D eigenvalue weighted by Crippen LogP contribution is 2.51. The molecule has 0 bridgehead atoms. The number of rotatable bonds is 4. The van der Waals surface area contributed by atoms with Gasteiger partial charge in [-0.15, -0.1) is 0 Å². The molecule has 1 aliphatic carbocycles. The molecule has 0 radical (unpaired) electrons. The number of nitrogens with zero attached hydrogens (tertiary/aromatic N) is 2. The first kappa shape index (κ1) is 30.4. The molecule has 0 fully saturated rings. The van der Waals surface area contributed by atoms with Crippen LogP contribution in [0.1, 0.15) is 18.4 Å². The number of aromatic nitrogens is 2. The molecule has 0 saturated heterocycles. The maximum Gasteiger partial charge on any atom is 0.138 e. The smallest absolute Gasteiger partial charge is 0.138 e. The predicted octanol–water partition coefficient (Wildman–Crippen LogP) is 14.2. The van der Waals surface area contributed by atoms with Gasteiger partial charge in [-0.1, -0.05) is 115 Å². The monoisotopic (exact) mass is 702 g/mol. The zero-order chi connectivity index (χ0) is 36.0. The van der Waals surface area contributed by atoms with Crippen LogP contribution in [0.2, 0.25) is 0 Å². The molecule has 258 valence electrons. The minimum absolute atomic E-state index is 0.865.